The summed E-state index contributed by atoms with van der Waals surface area (Å²) in [6.45, 7) is 0. The topological polar surface area (TPSA) is 0 Å². The van der Waals surface area contributed by atoms with Crippen molar-refractivity contribution in [1.29, 1.82) is 0 Å². The number of hydrogen-bond acceptors (Lipinski definition) is 0. The van der Waals surface area contributed by atoms with Gasteiger partial charge in [0.05, 0.1) is 0 Å². The molecule has 0 aromatic heterocycles. The molecule has 0 bridgehead atoms. The first-order valence-electron chi connectivity index (χ1n) is 6.18. The number of benzene rings is 1. The molecule has 2 aliphatic rings. The van der Waals surface area contributed by atoms with E-state index in [1.807, 2.05) is 0 Å². The lowest BCUT2D eigenvalue weighted by Crippen LogP contribution is -1.77. The maximum atomic E-state index is 2.27. The van der Waals surface area contributed by atoms with E-state index in [2.05, 4.69) is 36.4 Å². The zero-order valence-electron chi connectivity index (χ0n) is 9.41. The second-order valence-corrected chi connectivity index (χ2v) is 4.38. The molecular formula is C15H20. The van der Waals surface area contributed by atoms with Crippen LogP contribution in [0.25, 0.3) is 0 Å². The highest BCUT2D eigenvalue weighted by Crippen LogP contribution is 2.20. The van der Waals surface area contributed by atoms with E-state index in [1.165, 1.54) is 44.9 Å². The Bertz CT molecular complexity index is 292. The van der Waals surface area contributed by atoms with E-state index in [9.17, 15) is 0 Å². The summed E-state index contributed by atoms with van der Waals surface area (Å²) in [5.41, 5.74) is 3.13. The van der Waals surface area contributed by atoms with Gasteiger partial charge in [-0.05, 0) is 56.1 Å². The van der Waals surface area contributed by atoms with Gasteiger partial charge in [-0.15, -0.1) is 0 Å². The molecule has 0 spiro atoms. The maximum Gasteiger partial charge on any atom is -0.0273 e. The molecule has 3 rings (SSSR count). The first-order valence-corrected chi connectivity index (χ1v) is 6.18. The zero-order valence-corrected chi connectivity index (χ0v) is 9.41. The Morgan fingerprint density at radius 3 is 1.60 bits per heavy atom. The number of fused-ring (bicyclic) bond motifs is 1. The third-order valence-corrected chi connectivity index (χ3v) is 3.17. The summed E-state index contributed by atoms with van der Waals surface area (Å²) in [5, 5.41) is 0. The van der Waals surface area contributed by atoms with Gasteiger partial charge in [0, 0.05) is 0 Å². The molecule has 0 heteroatoms. The van der Waals surface area contributed by atoms with Gasteiger partial charge in [-0.3, -0.25) is 0 Å². The number of aryl methyl sites for hydroxylation is 2. The van der Waals surface area contributed by atoms with Crippen LogP contribution < -0.4 is 0 Å². The smallest absolute Gasteiger partial charge is 0.0273 e. The second kappa shape index (κ2) is 5.75. The van der Waals surface area contributed by atoms with Gasteiger partial charge >= 0.3 is 0 Å². The van der Waals surface area contributed by atoms with Crippen LogP contribution in [0.5, 0.6) is 0 Å². The number of rotatable bonds is 0. The van der Waals surface area contributed by atoms with E-state index in [-0.39, 0.29) is 0 Å². The number of hydrogen-bond donors (Lipinski definition) is 0. The molecule has 0 aliphatic heterocycles. The molecule has 2 aliphatic carbocycles. The Kier molecular flexibility index (Phi) is 4.01. The van der Waals surface area contributed by atoms with Crippen molar-refractivity contribution in [3.63, 3.8) is 0 Å². The summed E-state index contributed by atoms with van der Waals surface area (Å²) in [6, 6.07) is 8.74. The van der Waals surface area contributed by atoms with Crippen LogP contribution in [-0.2, 0) is 12.8 Å². The fraction of sp³-hybridized carbons (Fsp3) is 0.467. The molecule has 1 aromatic rings. The van der Waals surface area contributed by atoms with Gasteiger partial charge in [-0.2, -0.15) is 0 Å². The molecule has 0 heterocycles. The highest BCUT2D eigenvalue weighted by atomic mass is 14.1. The predicted molar refractivity (Wildman–Crippen MR) is 66.1 cm³/mol. The van der Waals surface area contributed by atoms with E-state index in [0.29, 0.717) is 0 Å². The summed E-state index contributed by atoms with van der Waals surface area (Å²) in [5.74, 6) is 0. The van der Waals surface area contributed by atoms with Gasteiger partial charge in [0.2, 0.25) is 0 Å². The lowest BCUT2D eigenvalue weighted by Gasteiger charge is -1.97. The van der Waals surface area contributed by atoms with Gasteiger partial charge in [-0.25, -0.2) is 0 Å². The normalized spacial score (nSPS) is 17.9. The van der Waals surface area contributed by atoms with Crippen LogP contribution in [0.1, 0.15) is 43.2 Å². The molecule has 0 amide bonds. The van der Waals surface area contributed by atoms with E-state index in [0.717, 1.165) is 0 Å². The van der Waals surface area contributed by atoms with Crippen LogP contribution >= 0.6 is 0 Å². The fourth-order valence-corrected chi connectivity index (χ4v) is 2.27. The highest BCUT2D eigenvalue weighted by molar-refractivity contribution is 5.30. The molecule has 0 fully saturated rings. The molecule has 0 atom stereocenters. The van der Waals surface area contributed by atoms with Gasteiger partial charge in [0.1, 0.15) is 0 Å². The van der Waals surface area contributed by atoms with Crippen LogP contribution in [0.3, 0.4) is 0 Å². The molecule has 0 nitrogen and oxygen atoms in total. The number of allylic oxidation sites excluding steroid dienone is 2. The average molecular weight is 200 g/mol. The van der Waals surface area contributed by atoms with Gasteiger partial charge in [0.25, 0.3) is 0 Å². The average Bonchev–Trinajstić information content (AvgIpc) is 2.80. The minimum absolute atomic E-state index is 1.30. The summed E-state index contributed by atoms with van der Waals surface area (Å²) in [6.07, 6.45) is 14.0. The Morgan fingerprint density at radius 2 is 1.20 bits per heavy atom. The Labute approximate surface area is 93.0 Å². The van der Waals surface area contributed by atoms with Crippen molar-refractivity contribution in [1.82, 2.24) is 0 Å². The van der Waals surface area contributed by atoms with Crippen LogP contribution in [-0.4, -0.2) is 0 Å². The van der Waals surface area contributed by atoms with Crippen molar-refractivity contribution in [2.24, 2.45) is 0 Å². The monoisotopic (exact) mass is 200 g/mol. The maximum absolute atomic E-state index is 2.27. The molecule has 1 aromatic carbocycles. The van der Waals surface area contributed by atoms with Crippen molar-refractivity contribution in [2.75, 3.05) is 0 Å². The Hall–Kier alpha value is -1.04. The first-order chi connectivity index (χ1) is 7.47. The zero-order chi connectivity index (χ0) is 10.3. The third kappa shape index (κ3) is 3.23. The van der Waals surface area contributed by atoms with Gasteiger partial charge < -0.3 is 0 Å². The molecule has 80 valence electrons. The third-order valence-electron chi connectivity index (χ3n) is 3.17. The van der Waals surface area contributed by atoms with E-state index >= 15 is 0 Å². The Morgan fingerprint density at radius 1 is 0.667 bits per heavy atom. The van der Waals surface area contributed by atoms with Crippen molar-refractivity contribution >= 4 is 0 Å². The molecule has 0 saturated heterocycles. The molecular weight excluding hydrogens is 180 g/mol. The van der Waals surface area contributed by atoms with Gasteiger partial charge in [0.15, 0.2) is 0 Å². The molecule has 0 radical (unpaired) electrons. The SMILES string of the molecule is C1=CCCCC1.c1ccc2c(c1)CCC2. The van der Waals surface area contributed by atoms with E-state index in [4.69, 9.17) is 0 Å². The minimum atomic E-state index is 1.30. The summed E-state index contributed by atoms with van der Waals surface area (Å²) in [7, 11) is 0. The largest absolute Gasteiger partial charge is 0.0885 e. The second-order valence-electron chi connectivity index (χ2n) is 4.38. The van der Waals surface area contributed by atoms with Crippen LogP contribution in [0.4, 0.5) is 0 Å². The summed E-state index contributed by atoms with van der Waals surface area (Å²) < 4.78 is 0. The Balaban J connectivity index is 0.000000124. The van der Waals surface area contributed by atoms with Crippen molar-refractivity contribution in [2.45, 2.75) is 44.9 Å². The van der Waals surface area contributed by atoms with E-state index in [1.54, 1.807) is 11.1 Å². The van der Waals surface area contributed by atoms with Crippen LogP contribution in [0.2, 0.25) is 0 Å². The van der Waals surface area contributed by atoms with Crippen molar-refractivity contribution in [3.05, 3.63) is 47.5 Å². The predicted octanol–water partition coefficient (Wildman–Crippen LogP) is 4.29. The molecule has 0 unspecified atom stereocenters. The minimum Gasteiger partial charge on any atom is -0.0885 e. The molecule has 0 saturated carbocycles. The van der Waals surface area contributed by atoms with Crippen LogP contribution in [0.15, 0.2) is 36.4 Å². The lowest BCUT2D eigenvalue weighted by atomic mass is 10.1. The lowest BCUT2D eigenvalue weighted by molar-refractivity contribution is 0.730. The van der Waals surface area contributed by atoms with Gasteiger partial charge in [-0.1, -0.05) is 36.4 Å². The molecule has 15 heavy (non-hydrogen) atoms. The van der Waals surface area contributed by atoms with Crippen molar-refractivity contribution < 1.29 is 0 Å². The van der Waals surface area contributed by atoms with E-state index < -0.39 is 0 Å². The fourth-order valence-electron chi connectivity index (χ4n) is 2.27. The standard InChI is InChI=1S/C9H10.C6H10/c1-2-5-9-7-3-6-8(9)4-1;1-2-4-6-5-3-1/h1-2,4-5H,3,6-7H2;1-2H,3-6H2. The quantitative estimate of drug-likeness (QED) is 0.548. The van der Waals surface area contributed by atoms with Crippen molar-refractivity contribution in [3.8, 4) is 0 Å². The first kappa shape index (κ1) is 10.5. The summed E-state index contributed by atoms with van der Waals surface area (Å²) in [4.78, 5) is 0. The summed E-state index contributed by atoms with van der Waals surface area (Å²) >= 11 is 0. The molecule has 0 N–H and O–H groups in total. The van der Waals surface area contributed by atoms with Crippen LogP contribution in [0, 0.1) is 0 Å². The highest BCUT2D eigenvalue weighted by Gasteiger charge is 2.07.